The first-order chi connectivity index (χ1) is 3.93. The van der Waals surface area contributed by atoms with E-state index in [4.69, 9.17) is 0 Å². The molecule has 1 heterocycles. The first-order valence-electron chi connectivity index (χ1n) is 1.91. The van der Waals surface area contributed by atoms with E-state index in [-0.39, 0.29) is 8.69 Å². The lowest BCUT2D eigenvalue weighted by molar-refractivity contribution is 0.298. The maximum Gasteiger partial charge on any atom is 0.417 e. The lowest BCUT2D eigenvalue weighted by atomic mass is 11.0. The fourth-order valence-corrected chi connectivity index (χ4v) is 0.507. The van der Waals surface area contributed by atoms with Gasteiger partial charge in [0, 0.05) is 6.20 Å². The zero-order valence-corrected chi connectivity index (χ0v) is 4.78. The Balaban J connectivity index is 2.62. The standard InChI is InChI=1S/C3H3N2O2P/c6-8-7-5-2-1-4-3-5/h1-3H. The minimum atomic E-state index is -0.371. The molecule has 42 valence electrons. The van der Waals surface area contributed by atoms with Gasteiger partial charge in [-0.15, -0.1) is 0 Å². The van der Waals surface area contributed by atoms with Gasteiger partial charge in [-0.3, -0.25) is 0 Å². The molecule has 0 fully saturated rings. The lowest BCUT2D eigenvalue weighted by Crippen LogP contribution is -1.94. The van der Waals surface area contributed by atoms with Crippen LogP contribution in [0.2, 0.25) is 0 Å². The highest BCUT2D eigenvalue weighted by Gasteiger charge is 1.82. The smallest absolute Gasteiger partial charge is 0.314 e. The van der Waals surface area contributed by atoms with Gasteiger partial charge in [0.25, 0.3) is 0 Å². The van der Waals surface area contributed by atoms with Crippen LogP contribution in [0.4, 0.5) is 0 Å². The van der Waals surface area contributed by atoms with E-state index in [1.165, 1.54) is 17.3 Å². The molecule has 0 aliphatic rings. The van der Waals surface area contributed by atoms with Crippen molar-refractivity contribution in [3.8, 4) is 0 Å². The van der Waals surface area contributed by atoms with Crippen molar-refractivity contribution in [3.63, 3.8) is 0 Å². The van der Waals surface area contributed by atoms with Crippen molar-refractivity contribution in [2.24, 2.45) is 0 Å². The highest BCUT2D eigenvalue weighted by molar-refractivity contribution is 7.17. The van der Waals surface area contributed by atoms with Crippen LogP contribution >= 0.6 is 8.69 Å². The summed E-state index contributed by atoms with van der Waals surface area (Å²) in [6.45, 7) is 0. The van der Waals surface area contributed by atoms with E-state index in [0.717, 1.165) is 0 Å². The normalized spacial score (nSPS) is 9.50. The van der Waals surface area contributed by atoms with Crippen molar-refractivity contribution in [2.45, 2.75) is 0 Å². The Hall–Kier alpha value is -0.890. The third-order valence-electron chi connectivity index (χ3n) is 0.608. The molecule has 0 bridgehead atoms. The Morgan fingerprint density at radius 2 is 2.62 bits per heavy atom. The minimum Gasteiger partial charge on any atom is -0.314 e. The molecule has 0 unspecified atom stereocenters. The molecule has 0 atom stereocenters. The fraction of sp³-hybridized carbons (Fsp3) is 0. The number of rotatable bonds is 2. The van der Waals surface area contributed by atoms with Crippen LogP contribution in [-0.2, 0) is 4.57 Å². The maximum absolute atomic E-state index is 9.70. The van der Waals surface area contributed by atoms with Gasteiger partial charge in [0.05, 0.1) is 6.20 Å². The summed E-state index contributed by atoms with van der Waals surface area (Å²) >= 11 is 0. The van der Waals surface area contributed by atoms with Gasteiger partial charge in [-0.1, -0.05) is 0 Å². The molecule has 5 heteroatoms. The lowest BCUT2D eigenvalue weighted by Gasteiger charge is -1.88. The predicted molar refractivity (Wildman–Crippen MR) is 26.4 cm³/mol. The summed E-state index contributed by atoms with van der Waals surface area (Å²) in [5, 5.41) is 0. The molecule has 0 amide bonds. The molecule has 0 N–H and O–H groups in total. The quantitative estimate of drug-likeness (QED) is 0.548. The Morgan fingerprint density at radius 3 is 3.12 bits per heavy atom. The molecule has 0 saturated carbocycles. The molecule has 0 saturated heterocycles. The Kier molecular flexibility index (Phi) is 1.59. The highest BCUT2D eigenvalue weighted by atomic mass is 31.1. The molecule has 8 heavy (non-hydrogen) atoms. The summed E-state index contributed by atoms with van der Waals surface area (Å²) in [5.74, 6) is 0. The van der Waals surface area contributed by atoms with Gasteiger partial charge < -0.3 is 4.62 Å². The molecule has 1 aromatic heterocycles. The average Bonchev–Trinajstić information content (AvgIpc) is 2.19. The van der Waals surface area contributed by atoms with E-state index in [0.29, 0.717) is 0 Å². The van der Waals surface area contributed by atoms with Crippen molar-refractivity contribution in [1.82, 2.24) is 9.71 Å². The van der Waals surface area contributed by atoms with Crippen molar-refractivity contribution in [1.29, 1.82) is 0 Å². The second-order valence-electron chi connectivity index (χ2n) is 1.08. The van der Waals surface area contributed by atoms with Gasteiger partial charge in [0.2, 0.25) is 0 Å². The SMILES string of the molecule is O=POn1ccnc1. The number of imidazole rings is 1. The molecule has 0 aliphatic carbocycles. The van der Waals surface area contributed by atoms with Crippen LogP contribution in [0.1, 0.15) is 0 Å². The summed E-state index contributed by atoms with van der Waals surface area (Å²) in [6.07, 6.45) is 4.49. The predicted octanol–water partition coefficient (Wildman–Crippen LogP) is 0.518. The van der Waals surface area contributed by atoms with Crippen LogP contribution in [-0.4, -0.2) is 9.71 Å². The van der Waals surface area contributed by atoms with Crippen molar-refractivity contribution in [2.75, 3.05) is 0 Å². The van der Waals surface area contributed by atoms with Gasteiger partial charge in [-0.05, 0) is 0 Å². The first-order valence-corrected chi connectivity index (χ1v) is 2.64. The number of nitrogens with zero attached hydrogens (tertiary/aromatic N) is 2. The third kappa shape index (κ3) is 1.04. The molecule has 1 aromatic rings. The van der Waals surface area contributed by atoms with E-state index in [1.54, 1.807) is 6.20 Å². The maximum atomic E-state index is 9.70. The number of hydrogen-bond donors (Lipinski definition) is 0. The molecule has 0 aromatic carbocycles. The Morgan fingerprint density at radius 1 is 1.75 bits per heavy atom. The highest BCUT2D eigenvalue weighted by Crippen LogP contribution is 1.88. The topological polar surface area (TPSA) is 44.1 Å². The van der Waals surface area contributed by atoms with Crippen LogP contribution in [0, 0.1) is 0 Å². The second kappa shape index (κ2) is 2.43. The van der Waals surface area contributed by atoms with Crippen LogP contribution < -0.4 is 4.62 Å². The minimum absolute atomic E-state index is 0.371. The van der Waals surface area contributed by atoms with Crippen molar-refractivity contribution >= 4 is 8.69 Å². The van der Waals surface area contributed by atoms with Crippen molar-refractivity contribution in [3.05, 3.63) is 18.7 Å². The van der Waals surface area contributed by atoms with Crippen LogP contribution in [0.15, 0.2) is 18.7 Å². The number of aromatic nitrogens is 2. The molecule has 0 aliphatic heterocycles. The van der Waals surface area contributed by atoms with E-state index in [9.17, 15) is 4.57 Å². The van der Waals surface area contributed by atoms with Gasteiger partial charge in [0.15, 0.2) is 0 Å². The summed E-state index contributed by atoms with van der Waals surface area (Å²) in [4.78, 5) is 3.64. The molecular weight excluding hydrogens is 127 g/mol. The van der Waals surface area contributed by atoms with E-state index in [1.807, 2.05) is 0 Å². The largest absolute Gasteiger partial charge is 0.417 e. The van der Waals surface area contributed by atoms with Gasteiger partial charge in [-0.2, -0.15) is 4.73 Å². The van der Waals surface area contributed by atoms with E-state index < -0.39 is 0 Å². The Bertz CT molecular complexity index is 162. The zero-order chi connectivity index (χ0) is 5.82. The monoisotopic (exact) mass is 130 g/mol. The van der Waals surface area contributed by atoms with Crippen LogP contribution in [0.5, 0.6) is 0 Å². The molecule has 0 spiro atoms. The average molecular weight is 130 g/mol. The van der Waals surface area contributed by atoms with Crippen LogP contribution in [0.3, 0.4) is 0 Å². The van der Waals surface area contributed by atoms with Gasteiger partial charge in [0.1, 0.15) is 6.33 Å². The first kappa shape index (κ1) is 5.25. The summed E-state index contributed by atoms with van der Waals surface area (Å²) in [5.41, 5.74) is 0. The molecule has 4 nitrogen and oxygen atoms in total. The zero-order valence-electron chi connectivity index (χ0n) is 3.89. The Labute approximate surface area is 47.3 Å². The van der Waals surface area contributed by atoms with Gasteiger partial charge >= 0.3 is 8.69 Å². The molecular formula is C3H3N2O2P. The third-order valence-corrected chi connectivity index (χ3v) is 0.863. The van der Waals surface area contributed by atoms with Crippen molar-refractivity contribution < 1.29 is 9.19 Å². The second-order valence-corrected chi connectivity index (χ2v) is 1.39. The summed E-state index contributed by atoms with van der Waals surface area (Å²) in [6, 6.07) is 0. The number of hydrogen-bond acceptors (Lipinski definition) is 3. The van der Waals surface area contributed by atoms with E-state index in [2.05, 4.69) is 9.61 Å². The summed E-state index contributed by atoms with van der Waals surface area (Å²) in [7, 11) is -0.371. The summed E-state index contributed by atoms with van der Waals surface area (Å²) < 4.78 is 15.4. The molecule has 0 radical (unpaired) electrons. The molecule has 1 rings (SSSR count). The van der Waals surface area contributed by atoms with Gasteiger partial charge in [-0.25, -0.2) is 9.55 Å². The fourth-order valence-electron chi connectivity index (χ4n) is 0.334. The van der Waals surface area contributed by atoms with Crippen LogP contribution in [0.25, 0.3) is 0 Å². The van der Waals surface area contributed by atoms with E-state index >= 15 is 0 Å².